The van der Waals surface area contributed by atoms with E-state index >= 15 is 0 Å². The molecular weight excluding hydrogens is 264 g/mol. The molecule has 1 saturated heterocycles. The Bertz CT molecular complexity index is 338. The largest absolute Gasteiger partial charge is 0.393 e. The van der Waals surface area contributed by atoms with Crippen molar-refractivity contribution in [2.24, 2.45) is 17.8 Å². The van der Waals surface area contributed by atoms with E-state index in [-0.39, 0.29) is 23.8 Å². The highest BCUT2D eigenvalue weighted by Crippen LogP contribution is 2.25. The second kappa shape index (κ2) is 7.59. The molecule has 4 heteroatoms. The lowest BCUT2D eigenvalue weighted by Gasteiger charge is -2.40. The summed E-state index contributed by atoms with van der Waals surface area (Å²) in [6, 6.07) is 0.335. The number of carbonyl (C=O) groups excluding carboxylic acids is 1. The number of rotatable bonds is 5. The number of nitrogens with one attached hydrogen (secondary N) is 1. The van der Waals surface area contributed by atoms with Gasteiger partial charge in [0.25, 0.3) is 0 Å². The Morgan fingerprint density at radius 2 is 1.90 bits per heavy atom. The number of aliphatic hydroxyl groups excluding tert-OH is 1. The maximum absolute atomic E-state index is 12.3. The number of nitrogens with zero attached hydrogens (tertiary/aromatic N) is 1. The second-order valence-corrected chi connectivity index (χ2v) is 7.39. The first-order chi connectivity index (χ1) is 9.97. The average Bonchev–Trinajstić information content (AvgIpc) is 2.97. The fourth-order valence-electron chi connectivity index (χ4n) is 3.73. The molecule has 0 radical (unpaired) electrons. The molecule has 2 fully saturated rings. The second-order valence-electron chi connectivity index (χ2n) is 7.39. The monoisotopic (exact) mass is 296 g/mol. The van der Waals surface area contributed by atoms with Crippen molar-refractivity contribution < 1.29 is 9.90 Å². The van der Waals surface area contributed by atoms with Crippen LogP contribution in [0.3, 0.4) is 0 Å². The fraction of sp³-hybridized carbons (Fsp3) is 0.941. The summed E-state index contributed by atoms with van der Waals surface area (Å²) in [7, 11) is 0. The van der Waals surface area contributed by atoms with Gasteiger partial charge >= 0.3 is 0 Å². The van der Waals surface area contributed by atoms with E-state index in [4.69, 9.17) is 0 Å². The van der Waals surface area contributed by atoms with Crippen molar-refractivity contribution in [3.8, 4) is 0 Å². The van der Waals surface area contributed by atoms with Crippen molar-refractivity contribution in [2.45, 2.75) is 65.0 Å². The van der Waals surface area contributed by atoms with Gasteiger partial charge in [0.2, 0.25) is 5.91 Å². The lowest BCUT2D eigenvalue weighted by molar-refractivity contribution is -0.137. The zero-order valence-corrected chi connectivity index (χ0v) is 13.8. The van der Waals surface area contributed by atoms with Gasteiger partial charge in [-0.15, -0.1) is 0 Å². The molecule has 4 nitrogen and oxygen atoms in total. The van der Waals surface area contributed by atoms with Crippen molar-refractivity contribution in [3.63, 3.8) is 0 Å². The summed E-state index contributed by atoms with van der Waals surface area (Å²) in [5.41, 5.74) is 0. The molecule has 1 aliphatic heterocycles. The molecule has 3 unspecified atom stereocenters. The highest BCUT2D eigenvalue weighted by atomic mass is 16.3. The maximum atomic E-state index is 12.3. The van der Waals surface area contributed by atoms with Gasteiger partial charge in [0, 0.05) is 31.0 Å². The number of carbonyl (C=O) groups is 1. The van der Waals surface area contributed by atoms with Crippen molar-refractivity contribution in [1.82, 2.24) is 10.2 Å². The summed E-state index contributed by atoms with van der Waals surface area (Å²) in [5, 5.41) is 13.6. The summed E-state index contributed by atoms with van der Waals surface area (Å²) in [4.78, 5) is 14.2. The molecule has 1 saturated carbocycles. The average molecular weight is 296 g/mol. The quantitative estimate of drug-likeness (QED) is 0.816. The van der Waals surface area contributed by atoms with E-state index in [1.807, 2.05) is 25.7 Å². The van der Waals surface area contributed by atoms with Crippen LogP contribution in [0.2, 0.25) is 0 Å². The summed E-state index contributed by atoms with van der Waals surface area (Å²) < 4.78 is 0. The highest BCUT2D eigenvalue weighted by molar-refractivity contribution is 5.78. The van der Waals surface area contributed by atoms with Crippen LogP contribution < -0.4 is 5.32 Å². The van der Waals surface area contributed by atoms with E-state index in [2.05, 4.69) is 5.32 Å². The van der Waals surface area contributed by atoms with Crippen LogP contribution in [-0.4, -0.2) is 47.7 Å². The Kier molecular flexibility index (Phi) is 6.06. The number of hydrogen-bond acceptors (Lipinski definition) is 3. The van der Waals surface area contributed by atoms with Gasteiger partial charge in [0.1, 0.15) is 0 Å². The lowest BCUT2D eigenvalue weighted by atomic mass is 9.89. The molecule has 0 aromatic heterocycles. The first-order valence-electron chi connectivity index (χ1n) is 8.67. The van der Waals surface area contributed by atoms with Gasteiger partial charge < -0.3 is 15.3 Å². The molecule has 0 bridgehead atoms. The Balaban J connectivity index is 1.90. The van der Waals surface area contributed by atoms with Crippen LogP contribution in [0, 0.1) is 17.8 Å². The molecule has 1 aliphatic carbocycles. The summed E-state index contributed by atoms with van der Waals surface area (Å²) in [5.74, 6) is 1.26. The van der Waals surface area contributed by atoms with E-state index in [0.29, 0.717) is 12.6 Å². The molecular formula is C17H32N2O2. The van der Waals surface area contributed by atoms with E-state index in [1.54, 1.807) is 0 Å². The van der Waals surface area contributed by atoms with E-state index in [1.165, 1.54) is 25.7 Å². The van der Waals surface area contributed by atoms with Crippen molar-refractivity contribution in [1.29, 1.82) is 0 Å². The van der Waals surface area contributed by atoms with Gasteiger partial charge in [-0.3, -0.25) is 4.79 Å². The van der Waals surface area contributed by atoms with Crippen LogP contribution in [0.5, 0.6) is 0 Å². The van der Waals surface area contributed by atoms with Crippen LogP contribution in [0.1, 0.15) is 52.9 Å². The Morgan fingerprint density at radius 1 is 1.24 bits per heavy atom. The molecule has 0 spiro atoms. The zero-order chi connectivity index (χ0) is 15.4. The molecule has 2 rings (SSSR count). The summed E-state index contributed by atoms with van der Waals surface area (Å²) >= 11 is 0. The maximum Gasteiger partial charge on any atom is 0.225 e. The van der Waals surface area contributed by atoms with Crippen molar-refractivity contribution >= 4 is 5.91 Å². The zero-order valence-electron chi connectivity index (χ0n) is 13.8. The molecule has 3 atom stereocenters. The van der Waals surface area contributed by atoms with Crippen molar-refractivity contribution in [2.75, 3.05) is 19.6 Å². The van der Waals surface area contributed by atoms with Crippen LogP contribution in [-0.2, 0) is 4.79 Å². The van der Waals surface area contributed by atoms with Gasteiger partial charge in [-0.1, -0.05) is 26.7 Å². The first kappa shape index (κ1) is 16.8. The minimum Gasteiger partial charge on any atom is -0.393 e. The molecule has 21 heavy (non-hydrogen) atoms. The van der Waals surface area contributed by atoms with Crippen LogP contribution >= 0.6 is 0 Å². The fourth-order valence-corrected chi connectivity index (χ4v) is 3.73. The summed E-state index contributed by atoms with van der Waals surface area (Å²) in [6.07, 6.45) is 6.05. The van der Waals surface area contributed by atoms with Crippen LogP contribution in [0.15, 0.2) is 0 Å². The highest BCUT2D eigenvalue weighted by Gasteiger charge is 2.33. The van der Waals surface area contributed by atoms with Gasteiger partial charge in [0.15, 0.2) is 0 Å². The number of piperidine rings is 1. The van der Waals surface area contributed by atoms with Crippen LogP contribution in [0.25, 0.3) is 0 Å². The van der Waals surface area contributed by atoms with Crippen LogP contribution in [0.4, 0.5) is 0 Å². The predicted octanol–water partition coefficient (Wildman–Crippen LogP) is 2.02. The molecule has 1 amide bonds. The lowest BCUT2D eigenvalue weighted by Crippen LogP contribution is -2.54. The van der Waals surface area contributed by atoms with E-state index < -0.39 is 0 Å². The third-order valence-electron chi connectivity index (χ3n) is 5.14. The topological polar surface area (TPSA) is 52.6 Å². The third kappa shape index (κ3) is 4.68. The van der Waals surface area contributed by atoms with E-state index in [0.717, 1.165) is 25.4 Å². The van der Waals surface area contributed by atoms with Gasteiger partial charge in [-0.2, -0.15) is 0 Å². The number of amides is 1. The first-order valence-corrected chi connectivity index (χ1v) is 8.67. The molecule has 122 valence electrons. The summed E-state index contributed by atoms with van der Waals surface area (Å²) in [6.45, 7) is 8.33. The number of likely N-dealkylation sites (tertiary alicyclic amines) is 1. The predicted molar refractivity (Wildman–Crippen MR) is 85.0 cm³/mol. The number of aliphatic hydroxyl groups is 1. The Morgan fingerprint density at radius 3 is 2.48 bits per heavy atom. The van der Waals surface area contributed by atoms with Gasteiger partial charge in [-0.25, -0.2) is 0 Å². The Hall–Kier alpha value is -0.610. The van der Waals surface area contributed by atoms with Crippen molar-refractivity contribution in [3.05, 3.63) is 0 Å². The smallest absolute Gasteiger partial charge is 0.225 e. The normalized spacial score (nSPS) is 29.1. The minimum atomic E-state index is -0.344. The molecule has 2 aliphatic rings. The molecule has 1 heterocycles. The molecule has 0 aromatic carbocycles. The van der Waals surface area contributed by atoms with Gasteiger partial charge in [-0.05, 0) is 38.6 Å². The molecule has 0 aromatic rings. The third-order valence-corrected chi connectivity index (χ3v) is 5.14. The van der Waals surface area contributed by atoms with Gasteiger partial charge in [0.05, 0.1) is 6.10 Å². The molecule has 2 N–H and O–H groups in total. The minimum absolute atomic E-state index is 0.0354. The SMILES string of the molecule is CC(C)C(=O)N1CC(NCC2CCCC2)CC(C(C)O)C1. The van der Waals surface area contributed by atoms with E-state index in [9.17, 15) is 9.90 Å². The standard InChI is InChI=1S/C17H32N2O2/c1-12(2)17(21)19-10-15(13(3)20)8-16(11-19)18-9-14-6-4-5-7-14/h12-16,18,20H,4-11H2,1-3H3. The number of hydrogen-bond donors (Lipinski definition) is 2. The Labute approximate surface area is 129 Å².